The fourth-order valence-corrected chi connectivity index (χ4v) is 1.55. The van der Waals surface area contributed by atoms with E-state index in [0.717, 1.165) is 0 Å². The van der Waals surface area contributed by atoms with E-state index in [1.165, 1.54) is 6.07 Å². The van der Waals surface area contributed by atoms with Gasteiger partial charge in [-0.15, -0.1) is 0 Å². The van der Waals surface area contributed by atoms with Crippen LogP contribution in [0.4, 0.5) is 5.69 Å². The van der Waals surface area contributed by atoms with Crippen LogP contribution in [0.2, 0.25) is 0 Å². The number of aliphatic hydroxyl groups is 1. The Bertz CT molecular complexity index is 387. The molecule has 0 aromatic carbocycles. The van der Waals surface area contributed by atoms with Gasteiger partial charge in [0.05, 0.1) is 6.10 Å². The topological polar surface area (TPSA) is 71.5 Å². The Morgan fingerprint density at radius 2 is 2.25 bits per heavy atom. The van der Waals surface area contributed by atoms with Gasteiger partial charge in [-0.25, -0.2) is 0 Å². The van der Waals surface area contributed by atoms with E-state index in [1.807, 2.05) is 11.9 Å². The second-order valence-electron chi connectivity index (χ2n) is 4.11. The molecule has 0 radical (unpaired) electrons. The van der Waals surface area contributed by atoms with Gasteiger partial charge in [-0.05, 0) is 20.0 Å². The van der Waals surface area contributed by atoms with E-state index < -0.39 is 0 Å². The molecule has 0 spiro atoms. The van der Waals surface area contributed by atoms with Crippen LogP contribution < -0.4 is 11.3 Å². The van der Waals surface area contributed by atoms with Crippen LogP contribution in [-0.2, 0) is 6.54 Å². The van der Waals surface area contributed by atoms with E-state index >= 15 is 0 Å². The van der Waals surface area contributed by atoms with Gasteiger partial charge in [0, 0.05) is 37.6 Å². The third-order valence-corrected chi connectivity index (χ3v) is 2.30. The minimum atomic E-state index is -0.359. The quantitative estimate of drug-likeness (QED) is 0.724. The van der Waals surface area contributed by atoms with Gasteiger partial charge in [-0.2, -0.15) is 0 Å². The molecule has 0 bridgehead atoms. The zero-order chi connectivity index (χ0) is 12.1. The van der Waals surface area contributed by atoms with Crippen LogP contribution >= 0.6 is 0 Å². The summed E-state index contributed by atoms with van der Waals surface area (Å²) in [4.78, 5) is 13.4. The molecule has 1 aromatic heterocycles. The molecule has 3 N–H and O–H groups in total. The molecule has 0 saturated heterocycles. The maximum atomic E-state index is 11.4. The van der Waals surface area contributed by atoms with Gasteiger partial charge < -0.3 is 20.3 Å². The molecule has 1 aromatic rings. The zero-order valence-electron chi connectivity index (χ0n) is 9.76. The number of likely N-dealkylation sites (N-methyl/N-ethyl adjacent to an activating group) is 1. The summed E-state index contributed by atoms with van der Waals surface area (Å²) in [5, 5.41) is 9.19. The number of anilines is 1. The molecule has 1 heterocycles. The maximum Gasteiger partial charge on any atom is 0.250 e. The summed E-state index contributed by atoms with van der Waals surface area (Å²) in [5.41, 5.74) is 6.13. The van der Waals surface area contributed by atoms with Gasteiger partial charge in [0.1, 0.15) is 0 Å². The van der Waals surface area contributed by atoms with Crippen molar-refractivity contribution in [3.05, 3.63) is 28.7 Å². The van der Waals surface area contributed by atoms with Crippen LogP contribution in [0.5, 0.6) is 0 Å². The SMILES string of the molecule is CC(O)CN(C)CCn1cc(N)ccc1=O. The van der Waals surface area contributed by atoms with Crippen LogP contribution in [0.3, 0.4) is 0 Å². The molecular formula is C11H19N3O2. The summed E-state index contributed by atoms with van der Waals surface area (Å²) in [7, 11) is 1.91. The highest BCUT2D eigenvalue weighted by atomic mass is 16.3. The van der Waals surface area contributed by atoms with Crippen LogP contribution in [0.1, 0.15) is 6.92 Å². The monoisotopic (exact) mass is 225 g/mol. The van der Waals surface area contributed by atoms with Crippen molar-refractivity contribution in [1.29, 1.82) is 0 Å². The molecule has 5 heteroatoms. The number of nitrogens with two attached hydrogens (primary N) is 1. The van der Waals surface area contributed by atoms with Crippen molar-refractivity contribution in [2.45, 2.75) is 19.6 Å². The fourth-order valence-electron chi connectivity index (χ4n) is 1.55. The first kappa shape index (κ1) is 12.7. The maximum absolute atomic E-state index is 11.4. The summed E-state index contributed by atoms with van der Waals surface area (Å²) < 4.78 is 1.58. The minimum Gasteiger partial charge on any atom is -0.398 e. The average molecular weight is 225 g/mol. The van der Waals surface area contributed by atoms with Gasteiger partial charge in [0.15, 0.2) is 0 Å². The summed E-state index contributed by atoms with van der Waals surface area (Å²) >= 11 is 0. The number of hydrogen-bond acceptors (Lipinski definition) is 4. The third kappa shape index (κ3) is 4.04. The fraction of sp³-hybridized carbons (Fsp3) is 0.545. The van der Waals surface area contributed by atoms with Crippen molar-refractivity contribution in [1.82, 2.24) is 9.47 Å². The summed E-state index contributed by atoms with van der Waals surface area (Å²) in [5.74, 6) is 0. The van der Waals surface area contributed by atoms with Crippen molar-refractivity contribution in [3.8, 4) is 0 Å². The summed E-state index contributed by atoms with van der Waals surface area (Å²) in [6.45, 7) is 3.61. The average Bonchev–Trinajstić information content (AvgIpc) is 2.18. The van der Waals surface area contributed by atoms with Crippen molar-refractivity contribution in [2.75, 3.05) is 25.9 Å². The van der Waals surface area contributed by atoms with E-state index in [-0.39, 0.29) is 11.7 Å². The van der Waals surface area contributed by atoms with Crippen LogP contribution in [0, 0.1) is 0 Å². The van der Waals surface area contributed by atoms with Gasteiger partial charge >= 0.3 is 0 Å². The first-order valence-electron chi connectivity index (χ1n) is 5.31. The molecule has 0 aliphatic carbocycles. The molecule has 0 aliphatic rings. The van der Waals surface area contributed by atoms with Crippen molar-refractivity contribution in [2.24, 2.45) is 0 Å². The Morgan fingerprint density at radius 1 is 1.56 bits per heavy atom. The predicted molar refractivity (Wildman–Crippen MR) is 64.3 cm³/mol. The number of aromatic nitrogens is 1. The molecular weight excluding hydrogens is 206 g/mol. The number of hydrogen-bond donors (Lipinski definition) is 2. The molecule has 5 nitrogen and oxygen atoms in total. The molecule has 0 aliphatic heterocycles. The van der Waals surface area contributed by atoms with Crippen molar-refractivity contribution >= 4 is 5.69 Å². The lowest BCUT2D eigenvalue weighted by atomic mass is 10.3. The smallest absolute Gasteiger partial charge is 0.250 e. The Balaban J connectivity index is 2.54. The van der Waals surface area contributed by atoms with E-state index in [1.54, 1.807) is 23.8 Å². The molecule has 0 fully saturated rings. The van der Waals surface area contributed by atoms with Gasteiger partial charge in [-0.3, -0.25) is 4.79 Å². The molecule has 0 saturated carbocycles. The van der Waals surface area contributed by atoms with Gasteiger partial charge in [0.25, 0.3) is 5.56 Å². The second-order valence-corrected chi connectivity index (χ2v) is 4.11. The molecule has 1 unspecified atom stereocenters. The van der Waals surface area contributed by atoms with E-state index in [4.69, 9.17) is 5.73 Å². The van der Waals surface area contributed by atoms with Gasteiger partial charge in [-0.1, -0.05) is 0 Å². The highest BCUT2D eigenvalue weighted by molar-refractivity contribution is 5.33. The third-order valence-electron chi connectivity index (χ3n) is 2.30. The number of aliphatic hydroxyl groups excluding tert-OH is 1. The van der Waals surface area contributed by atoms with Crippen LogP contribution in [0.25, 0.3) is 0 Å². The molecule has 90 valence electrons. The summed E-state index contributed by atoms with van der Waals surface area (Å²) in [6.07, 6.45) is 1.28. The first-order valence-corrected chi connectivity index (χ1v) is 5.31. The number of rotatable bonds is 5. The van der Waals surface area contributed by atoms with Crippen LogP contribution in [-0.4, -0.2) is 40.8 Å². The second kappa shape index (κ2) is 5.67. The molecule has 16 heavy (non-hydrogen) atoms. The van der Waals surface area contributed by atoms with E-state index in [9.17, 15) is 9.90 Å². The first-order chi connectivity index (χ1) is 7.49. The minimum absolute atomic E-state index is 0.0559. The lowest BCUT2D eigenvalue weighted by molar-refractivity contribution is 0.139. The normalized spacial score (nSPS) is 13.0. The number of nitrogens with zero attached hydrogens (tertiary/aromatic N) is 2. The number of nitrogen functional groups attached to an aromatic ring is 1. The highest BCUT2D eigenvalue weighted by Crippen LogP contribution is 1.96. The largest absolute Gasteiger partial charge is 0.398 e. The Hall–Kier alpha value is -1.33. The van der Waals surface area contributed by atoms with E-state index in [0.29, 0.717) is 25.3 Å². The lowest BCUT2D eigenvalue weighted by Crippen LogP contribution is -2.32. The van der Waals surface area contributed by atoms with Crippen molar-refractivity contribution in [3.63, 3.8) is 0 Å². The Morgan fingerprint density at radius 3 is 2.88 bits per heavy atom. The standard InChI is InChI=1S/C11H19N3O2/c1-9(15)7-13(2)5-6-14-8-10(12)3-4-11(14)16/h3-4,8-9,15H,5-7,12H2,1-2H3. The summed E-state index contributed by atoms with van der Waals surface area (Å²) in [6, 6.07) is 3.06. The highest BCUT2D eigenvalue weighted by Gasteiger charge is 2.03. The Labute approximate surface area is 95.1 Å². The predicted octanol–water partition coefficient (Wildman–Crippen LogP) is -0.257. The van der Waals surface area contributed by atoms with Gasteiger partial charge in [0.2, 0.25) is 0 Å². The molecule has 0 amide bonds. The molecule has 1 rings (SSSR count). The van der Waals surface area contributed by atoms with E-state index in [2.05, 4.69) is 0 Å². The zero-order valence-corrected chi connectivity index (χ0v) is 9.76. The van der Waals surface area contributed by atoms with Crippen LogP contribution in [0.15, 0.2) is 23.1 Å². The molecule has 1 atom stereocenters. The van der Waals surface area contributed by atoms with Crippen molar-refractivity contribution < 1.29 is 5.11 Å². The Kier molecular flexibility index (Phi) is 4.52. The lowest BCUT2D eigenvalue weighted by Gasteiger charge is -2.18. The number of pyridine rings is 1.